The van der Waals surface area contributed by atoms with Gasteiger partial charge in [-0.2, -0.15) is 0 Å². The summed E-state index contributed by atoms with van der Waals surface area (Å²) in [5, 5.41) is 15.7. The van der Waals surface area contributed by atoms with Crippen molar-refractivity contribution in [1.82, 2.24) is 10.6 Å². The van der Waals surface area contributed by atoms with E-state index in [9.17, 15) is 33.1 Å². The molecule has 2 aliphatic heterocycles. The van der Waals surface area contributed by atoms with E-state index in [2.05, 4.69) is 10.6 Å². The predicted octanol–water partition coefficient (Wildman–Crippen LogP) is 6.74. The van der Waals surface area contributed by atoms with Crippen LogP contribution < -0.4 is 16.4 Å². The van der Waals surface area contributed by atoms with Crippen LogP contribution >= 0.6 is 23.2 Å². The highest BCUT2D eigenvalue weighted by molar-refractivity contribution is 6.31. The molecule has 0 spiro atoms. The summed E-state index contributed by atoms with van der Waals surface area (Å²) in [5.74, 6) is -3.20. The number of amides is 3. The average molecular weight is 723 g/mol. The van der Waals surface area contributed by atoms with Gasteiger partial charge in [-0.25, -0.2) is 8.78 Å². The molecule has 260 valence electrons. The van der Waals surface area contributed by atoms with Gasteiger partial charge in [0.1, 0.15) is 22.5 Å². The van der Waals surface area contributed by atoms with Gasteiger partial charge in [-0.3, -0.25) is 19.2 Å². The summed E-state index contributed by atoms with van der Waals surface area (Å²) in [6, 6.07) is 23.1. The number of benzene rings is 4. The van der Waals surface area contributed by atoms with Crippen molar-refractivity contribution in [2.45, 2.75) is 51.6 Å². The van der Waals surface area contributed by atoms with E-state index in [0.29, 0.717) is 46.0 Å². The highest BCUT2D eigenvalue weighted by Crippen LogP contribution is 2.33. The lowest BCUT2D eigenvalue weighted by atomic mass is 9.85. The molecule has 4 atom stereocenters. The van der Waals surface area contributed by atoms with Gasteiger partial charge in [0, 0.05) is 33.3 Å². The normalized spacial score (nSPS) is 22.7. The van der Waals surface area contributed by atoms with Crippen LogP contribution in [0.2, 0.25) is 10.0 Å². The number of halogens is 4. The summed E-state index contributed by atoms with van der Waals surface area (Å²) in [6.45, 7) is 3.01. The van der Waals surface area contributed by atoms with Crippen molar-refractivity contribution >= 4 is 46.9 Å². The summed E-state index contributed by atoms with van der Waals surface area (Å²) in [6.07, 6.45) is 1.71. The van der Waals surface area contributed by atoms with Crippen molar-refractivity contribution in [3.63, 3.8) is 0 Å². The molecule has 6 rings (SSSR count). The van der Waals surface area contributed by atoms with Gasteiger partial charge in [-0.15, -0.1) is 0 Å². The second-order valence-corrected chi connectivity index (χ2v) is 14.0. The Morgan fingerprint density at radius 2 is 1.10 bits per heavy atom. The maximum Gasteiger partial charge on any atom is 0.318 e. The van der Waals surface area contributed by atoms with E-state index in [0.717, 1.165) is 16.7 Å². The standard InChI is InChI=1S/C19H18ClFN2O2.C19H17ClFNO3/c1-19(17(22)24)10-14(23-18(19)25)8-11-2-4-12(5-3-11)15-9-13(20)6-7-16(15)21;1-19(18(24)25)10-14(22-17(19)23)8-11-2-4-12(5-3-11)15-9-13(20)6-7-16(15)21/h2-7,9,14H,8,10H2,1H3,(H2,22,24)(H,23,25);2-7,9,14H,8,10H2,1H3,(H,22,23)(H,24,25)/t14-,19+;14-,19-/m11/s1. The number of carboxylic acid groups (broad SMARTS) is 1. The van der Waals surface area contributed by atoms with Crippen LogP contribution in [0.1, 0.15) is 37.8 Å². The average Bonchev–Trinajstić information content (AvgIpc) is 3.54. The number of hydrogen-bond acceptors (Lipinski definition) is 4. The second kappa shape index (κ2) is 14.6. The molecular formula is C38H35Cl2F2N3O5. The molecule has 3 amide bonds. The summed E-state index contributed by atoms with van der Waals surface area (Å²) in [4.78, 5) is 46.7. The topological polar surface area (TPSA) is 139 Å². The van der Waals surface area contributed by atoms with Crippen LogP contribution in [0.25, 0.3) is 22.3 Å². The fourth-order valence-corrected chi connectivity index (χ4v) is 6.60. The maximum atomic E-state index is 13.9. The van der Waals surface area contributed by atoms with Crippen LogP contribution in [-0.4, -0.2) is 40.9 Å². The van der Waals surface area contributed by atoms with Gasteiger partial charge < -0.3 is 21.5 Å². The summed E-state index contributed by atoms with van der Waals surface area (Å²) < 4.78 is 27.9. The zero-order chi connectivity index (χ0) is 36.4. The second-order valence-electron chi connectivity index (χ2n) is 13.1. The van der Waals surface area contributed by atoms with Crippen LogP contribution in [-0.2, 0) is 32.0 Å². The van der Waals surface area contributed by atoms with E-state index in [1.165, 1.54) is 31.2 Å². The van der Waals surface area contributed by atoms with E-state index < -0.39 is 28.6 Å². The summed E-state index contributed by atoms with van der Waals surface area (Å²) in [5.41, 5.74) is 7.01. The number of rotatable bonds is 8. The first-order valence-corrected chi connectivity index (χ1v) is 16.6. The van der Waals surface area contributed by atoms with Gasteiger partial charge in [0.25, 0.3) is 0 Å². The molecular weight excluding hydrogens is 687 g/mol. The first-order chi connectivity index (χ1) is 23.6. The molecule has 2 heterocycles. The molecule has 0 saturated carbocycles. The lowest BCUT2D eigenvalue weighted by molar-refractivity contribution is -0.152. The van der Waals surface area contributed by atoms with Crippen molar-refractivity contribution in [2.24, 2.45) is 16.6 Å². The molecule has 50 heavy (non-hydrogen) atoms. The molecule has 0 unspecified atom stereocenters. The number of aliphatic carboxylic acids is 1. The third kappa shape index (κ3) is 7.82. The molecule has 4 aromatic rings. The van der Waals surface area contributed by atoms with Crippen LogP contribution in [0.5, 0.6) is 0 Å². The Labute approximate surface area is 298 Å². The van der Waals surface area contributed by atoms with E-state index in [1.54, 1.807) is 31.2 Å². The van der Waals surface area contributed by atoms with Gasteiger partial charge >= 0.3 is 5.97 Å². The van der Waals surface area contributed by atoms with Crippen molar-refractivity contribution in [3.05, 3.63) is 118 Å². The minimum Gasteiger partial charge on any atom is -0.480 e. The Morgan fingerprint density at radius 1 is 0.720 bits per heavy atom. The van der Waals surface area contributed by atoms with Crippen LogP contribution in [0, 0.1) is 22.5 Å². The van der Waals surface area contributed by atoms with Gasteiger partial charge in [0.15, 0.2) is 0 Å². The SMILES string of the molecule is C[C@@]1(C(=O)O)C[C@@H](Cc2ccc(-c3cc(Cl)ccc3F)cc2)NC1=O.C[C@@]1(C(N)=O)C[C@@H](Cc2ccc(-c3cc(Cl)ccc3F)cc2)NC1=O. The zero-order valence-corrected chi connectivity index (χ0v) is 28.7. The molecule has 0 radical (unpaired) electrons. The van der Waals surface area contributed by atoms with Crippen molar-refractivity contribution in [3.8, 4) is 22.3 Å². The zero-order valence-electron chi connectivity index (χ0n) is 27.2. The summed E-state index contributed by atoms with van der Waals surface area (Å²) in [7, 11) is 0. The molecule has 0 bridgehead atoms. The molecule has 2 saturated heterocycles. The minimum atomic E-state index is -1.38. The maximum absolute atomic E-state index is 13.9. The number of carboxylic acids is 1. The number of nitrogens with two attached hydrogens (primary N) is 1. The van der Waals surface area contributed by atoms with Crippen molar-refractivity contribution < 1.29 is 33.1 Å². The third-order valence-corrected chi connectivity index (χ3v) is 9.82. The number of nitrogens with one attached hydrogen (secondary N) is 2. The molecule has 0 aromatic heterocycles. The minimum absolute atomic E-state index is 0.154. The first kappa shape index (κ1) is 36.5. The van der Waals surface area contributed by atoms with Crippen molar-refractivity contribution in [2.75, 3.05) is 0 Å². The number of primary amides is 1. The van der Waals surface area contributed by atoms with Gasteiger partial charge in [0.2, 0.25) is 17.7 Å². The third-order valence-electron chi connectivity index (χ3n) is 9.35. The molecule has 4 aromatic carbocycles. The fraction of sp³-hybridized carbons (Fsp3) is 0.263. The largest absolute Gasteiger partial charge is 0.480 e. The van der Waals surface area contributed by atoms with Gasteiger partial charge in [-0.1, -0.05) is 71.7 Å². The Bertz CT molecular complexity index is 1820. The molecule has 2 fully saturated rings. The Balaban J connectivity index is 0.000000194. The quantitative estimate of drug-likeness (QED) is 0.149. The Hall–Kier alpha value is -4.80. The molecule has 8 nitrogen and oxygen atoms in total. The van der Waals surface area contributed by atoms with Crippen LogP contribution in [0.15, 0.2) is 84.9 Å². The molecule has 5 N–H and O–H groups in total. The van der Waals surface area contributed by atoms with Crippen LogP contribution in [0.3, 0.4) is 0 Å². The van der Waals surface area contributed by atoms with Gasteiger partial charge in [0.05, 0.1) is 0 Å². The number of hydrogen-bond donors (Lipinski definition) is 4. The lowest BCUT2D eigenvalue weighted by Gasteiger charge is -2.15. The Morgan fingerprint density at radius 3 is 1.44 bits per heavy atom. The van der Waals surface area contributed by atoms with Crippen molar-refractivity contribution in [1.29, 1.82) is 0 Å². The fourth-order valence-electron chi connectivity index (χ4n) is 6.25. The smallest absolute Gasteiger partial charge is 0.318 e. The first-order valence-electron chi connectivity index (χ1n) is 15.8. The van der Waals surface area contributed by atoms with E-state index in [1.807, 2.05) is 36.4 Å². The Kier molecular flexibility index (Phi) is 10.6. The highest BCUT2D eigenvalue weighted by Gasteiger charge is 2.49. The number of carbonyl (C=O) groups excluding carboxylic acids is 3. The van der Waals surface area contributed by atoms with E-state index in [4.69, 9.17) is 28.9 Å². The lowest BCUT2D eigenvalue weighted by Crippen LogP contribution is -2.40. The van der Waals surface area contributed by atoms with E-state index >= 15 is 0 Å². The van der Waals surface area contributed by atoms with Gasteiger partial charge in [-0.05, 0) is 98.2 Å². The number of carbonyl (C=O) groups is 4. The van der Waals surface area contributed by atoms with E-state index in [-0.39, 0.29) is 36.0 Å². The molecule has 2 aliphatic rings. The highest BCUT2D eigenvalue weighted by atomic mass is 35.5. The molecule has 0 aliphatic carbocycles. The summed E-state index contributed by atoms with van der Waals surface area (Å²) >= 11 is 11.9. The predicted molar refractivity (Wildman–Crippen MR) is 187 cm³/mol. The van der Waals surface area contributed by atoms with Crippen LogP contribution in [0.4, 0.5) is 8.78 Å². The molecule has 12 heteroatoms. The monoisotopic (exact) mass is 721 g/mol.